The molecule has 0 bridgehead atoms. The summed E-state index contributed by atoms with van der Waals surface area (Å²) in [7, 11) is 0. The van der Waals surface area contributed by atoms with Crippen LogP contribution in [0.15, 0.2) is 24.5 Å². The molecule has 0 aliphatic carbocycles. The Labute approximate surface area is 67.8 Å². The number of H-pyrrole nitrogens is 1. The summed E-state index contributed by atoms with van der Waals surface area (Å²) >= 11 is 5.68. The third kappa shape index (κ3) is 0.935. The first-order valence-corrected chi connectivity index (χ1v) is 3.51. The van der Waals surface area contributed by atoms with Gasteiger partial charge in [-0.2, -0.15) is 0 Å². The summed E-state index contributed by atoms with van der Waals surface area (Å²) in [6.45, 7) is 0. The second kappa shape index (κ2) is 2.13. The zero-order valence-electron chi connectivity index (χ0n) is 5.54. The minimum absolute atomic E-state index is 0.567. The maximum Gasteiger partial charge on any atom is 0.245 e. The van der Waals surface area contributed by atoms with Crippen LogP contribution in [0.25, 0.3) is 11.0 Å². The van der Waals surface area contributed by atoms with E-state index in [2.05, 4.69) is 4.98 Å². The van der Waals surface area contributed by atoms with Crippen LogP contribution in [0.2, 0.25) is 5.02 Å². The topological polar surface area (TPSA) is 42.7 Å². The van der Waals surface area contributed by atoms with Gasteiger partial charge in [0, 0.05) is 11.1 Å². The van der Waals surface area contributed by atoms with Crippen molar-refractivity contribution in [2.24, 2.45) is 0 Å². The molecule has 2 rings (SSSR count). The molecule has 0 spiro atoms. The molecule has 0 saturated carbocycles. The lowest BCUT2D eigenvalue weighted by Gasteiger charge is -1.94. The number of aromatic amines is 1. The largest absolute Gasteiger partial charge is 0.710 e. The molecule has 0 aliphatic heterocycles. The fourth-order valence-corrected chi connectivity index (χ4v) is 1.17. The Morgan fingerprint density at radius 1 is 1.45 bits per heavy atom. The molecule has 2 aromatic rings. The van der Waals surface area contributed by atoms with Gasteiger partial charge in [-0.3, -0.25) is 0 Å². The van der Waals surface area contributed by atoms with Crippen LogP contribution in [0.1, 0.15) is 0 Å². The van der Waals surface area contributed by atoms with Crippen LogP contribution in [0, 0.1) is 5.21 Å². The summed E-state index contributed by atoms with van der Waals surface area (Å²) in [4.78, 5) is 2.81. The predicted molar refractivity (Wildman–Crippen MR) is 42.3 cm³/mol. The van der Waals surface area contributed by atoms with Crippen LogP contribution in [-0.4, -0.2) is 4.98 Å². The van der Waals surface area contributed by atoms with E-state index in [-0.39, 0.29) is 0 Å². The Kier molecular flexibility index (Phi) is 1.26. The van der Waals surface area contributed by atoms with E-state index >= 15 is 0 Å². The fourth-order valence-electron chi connectivity index (χ4n) is 1.01. The number of rotatable bonds is 0. The lowest BCUT2D eigenvalue weighted by atomic mass is 10.3. The van der Waals surface area contributed by atoms with Crippen LogP contribution in [0.5, 0.6) is 0 Å². The highest BCUT2D eigenvalue weighted by atomic mass is 35.5. The first kappa shape index (κ1) is 6.49. The van der Waals surface area contributed by atoms with Crippen molar-refractivity contribution in [3.63, 3.8) is 0 Å². The van der Waals surface area contributed by atoms with Gasteiger partial charge in [0.25, 0.3) is 0 Å². The highest BCUT2D eigenvalue weighted by molar-refractivity contribution is 6.31. The van der Waals surface area contributed by atoms with E-state index in [1.165, 1.54) is 6.33 Å². The van der Waals surface area contributed by atoms with Crippen molar-refractivity contribution in [3.8, 4) is 0 Å². The molecule has 56 valence electrons. The Bertz CT molecular complexity index is 396. The minimum Gasteiger partial charge on any atom is -0.710 e. The van der Waals surface area contributed by atoms with Gasteiger partial charge in [-0.05, 0) is 12.1 Å². The maximum absolute atomic E-state index is 11.0. The molecule has 0 fully saturated rings. The van der Waals surface area contributed by atoms with Crippen molar-refractivity contribution in [2.45, 2.75) is 0 Å². The zero-order valence-corrected chi connectivity index (χ0v) is 6.30. The summed E-state index contributed by atoms with van der Waals surface area (Å²) in [5.74, 6) is 0. The van der Waals surface area contributed by atoms with Crippen LogP contribution in [0.4, 0.5) is 0 Å². The van der Waals surface area contributed by atoms with Gasteiger partial charge in [0.2, 0.25) is 6.33 Å². The molecule has 4 heteroatoms. The van der Waals surface area contributed by atoms with Gasteiger partial charge < -0.3 is 5.21 Å². The number of hydrogen-bond acceptors (Lipinski definition) is 1. The summed E-state index contributed by atoms with van der Waals surface area (Å²) in [5.41, 5.74) is 1.36. The van der Waals surface area contributed by atoms with Crippen molar-refractivity contribution in [1.82, 2.24) is 4.98 Å². The van der Waals surface area contributed by atoms with Gasteiger partial charge >= 0.3 is 0 Å². The molecule has 0 atom stereocenters. The van der Waals surface area contributed by atoms with E-state index in [0.29, 0.717) is 10.5 Å². The Morgan fingerprint density at radius 2 is 2.27 bits per heavy atom. The molecule has 1 heterocycles. The molecule has 0 amide bonds. The molecule has 11 heavy (non-hydrogen) atoms. The molecular weight excluding hydrogens is 164 g/mol. The van der Waals surface area contributed by atoms with E-state index in [1.807, 2.05) is 0 Å². The molecule has 3 nitrogen and oxygen atoms in total. The Balaban J connectivity index is 2.87. The van der Waals surface area contributed by atoms with Gasteiger partial charge in [-0.15, -0.1) is 0 Å². The lowest BCUT2D eigenvalue weighted by Crippen LogP contribution is -2.22. The summed E-state index contributed by atoms with van der Waals surface area (Å²) in [6.07, 6.45) is 1.35. The highest BCUT2D eigenvalue weighted by Crippen LogP contribution is 2.13. The van der Waals surface area contributed by atoms with Gasteiger partial charge in [0.05, 0.1) is 0 Å². The Hall–Kier alpha value is -1.22. The van der Waals surface area contributed by atoms with E-state index in [0.717, 1.165) is 10.2 Å². The molecule has 0 unspecified atom stereocenters. The average molecular weight is 169 g/mol. The SMILES string of the molecule is [O-][n+]1c[nH]c2ccc(Cl)cc21. The number of benzene rings is 1. The van der Waals surface area contributed by atoms with E-state index in [4.69, 9.17) is 11.6 Å². The second-order valence-electron chi connectivity index (χ2n) is 2.26. The van der Waals surface area contributed by atoms with E-state index in [1.54, 1.807) is 18.2 Å². The zero-order chi connectivity index (χ0) is 7.84. The molecule has 0 aliphatic rings. The number of fused-ring (bicyclic) bond motifs is 1. The number of aromatic nitrogens is 2. The number of nitrogens with zero attached hydrogens (tertiary/aromatic N) is 1. The van der Waals surface area contributed by atoms with Crippen LogP contribution >= 0.6 is 11.6 Å². The van der Waals surface area contributed by atoms with E-state index < -0.39 is 0 Å². The molecule has 0 radical (unpaired) electrons. The maximum atomic E-state index is 11.0. The average Bonchev–Trinajstić information content (AvgIpc) is 2.33. The number of hydrogen-bond donors (Lipinski definition) is 1. The second-order valence-corrected chi connectivity index (χ2v) is 2.70. The van der Waals surface area contributed by atoms with Crippen molar-refractivity contribution in [3.05, 3.63) is 34.8 Å². The quantitative estimate of drug-likeness (QED) is 0.470. The minimum atomic E-state index is 0.567. The summed E-state index contributed by atoms with van der Waals surface area (Å²) < 4.78 is 0.751. The molecule has 1 aromatic carbocycles. The predicted octanol–water partition coefficient (Wildman–Crippen LogP) is 1.45. The van der Waals surface area contributed by atoms with Crippen molar-refractivity contribution >= 4 is 22.6 Å². The molecule has 1 N–H and O–H groups in total. The van der Waals surface area contributed by atoms with Crippen LogP contribution in [-0.2, 0) is 0 Å². The summed E-state index contributed by atoms with van der Waals surface area (Å²) in [5, 5.41) is 11.5. The van der Waals surface area contributed by atoms with Gasteiger partial charge in [-0.1, -0.05) is 11.6 Å². The van der Waals surface area contributed by atoms with Gasteiger partial charge in [-0.25, -0.2) is 9.71 Å². The van der Waals surface area contributed by atoms with Crippen molar-refractivity contribution < 1.29 is 4.73 Å². The monoisotopic (exact) mass is 168 g/mol. The molecule has 0 saturated heterocycles. The van der Waals surface area contributed by atoms with E-state index in [9.17, 15) is 5.21 Å². The van der Waals surface area contributed by atoms with Gasteiger partial charge in [0.1, 0.15) is 0 Å². The third-order valence-electron chi connectivity index (χ3n) is 1.53. The first-order chi connectivity index (χ1) is 5.27. The number of halogens is 1. The molecule has 1 aromatic heterocycles. The number of imidazole rings is 1. The third-order valence-corrected chi connectivity index (χ3v) is 1.77. The lowest BCUT2D eigenvalue weighted by molar-refractivity contribution is -0.576. The number of nitrogens with one attached hydrogen (secondary N) is 1. The van der Waals surface area contributed by atoms with Crippen molar-refractivity contribution in [1.29, 1.82) is 0 Å². The Morgan fingerprint density at radius 3 is 3.09 bits per heavy atom. The smallest absolute Gasteiger partial charge is 0.245 e. The summed E-state index contributed by atoms with van der Waals surface area (Å²) in [6, 6.07) is 5.13. The standard InChI is InChI=1S/C7H5ClN2O/c8-5-1-2-6-7(3-5)10(11)4-9-6/h1-4,9H. The first-order valence-electron chi connectivity index (χ1n) is 3.13. The normalized spacial score (nSPS) is 10.6. The molecular formula is C7H5ClN2O. The van der Waals surface area contributed by atoms with Crippen LogP contribution in [0.3, 0.4) is 0 Å². The van der Waals surface area contributed by atoms with Gasteiger partial charge in [0.15, 0.2) is 11.0 Å². The van der Waals surface area contributed by atoms with Crippen LogP contribution < -0.4 is 4.73 Å². The highest BCUT2D eigenvalue weighted by Gasteiger charge is 2.02. The fraction of sp³-hybridized carbons (Fsp3) is 0. The van der Waals surface area contributed by atoms with Crippen molar-refractivity contribution in [2.75, 3.05) is 0 Å².